The molecule has 2 aromatic heterocycles. The Balaban J connectivity index is 1.90. The van der Waals surface area contributed by atoms with Crippen LogP contribution in [0.5, 0.6) is 5.88 Å². The minimum atomic E-state index is 0.239. The lowest BCUT2D eigenvalue weighted by Gasteiger charge is -2.31. The SMILES string of the molecule is Cc1cc2c(OC3CC(C)CC(C)C3)nc(Cl)nc2s1. The number of rotatable bonds is 2. The second-order valence-electron chi connectivity index (χ2n) is 6.03. The smallest absolute Gasteiger partial charge is 0.227 e. The maximum atomic E-state index is 6.17. The summed E-state index contributed by atoms with van der Waals surface area (Å²) in [6, 6.07) is 2.08. The van der Waals surface area contributed by atoms with Gasteiger partial charge in [0.15, 0.2) is 0 Å². The first-order chi connectivity index (χ1) is 9.51. The van der Waals surface area contributed by atoms with Gasteiger partial charge < -0.3 is 4.74 Å². The monoisotopic (exact) mass is 310 g/mol. The third-order valence-electron chi connectivity index (χ3n) is 3.87. The van der Waals surface area contributed by atoms with E-state index in [0.29, 0.717) is 17.7 Å². The van der Waals surface area contributed by atoms with E-state index < -0.39 is 0 Å². The van der Waals surface area contributed by atoms with Crippen molar-refractivity contribution in [3.63, 3.8) is 0 Å². The van der Waals surface area contributed by atoms with Gasteiger partial charge in [0.25, 0.3) is 0 Å². The van der Waals surface area contributed by atoms with Gasteiger partial charge in [-0.3, -0.25) is 0 Å². The molecule has 1 saturated carbocycles. The summed E-state index contributed by atoms with van der Waals surface area (Å²) in [5.74, 6) is 2.07. The molecule has 0 radical (unpaired) electrons. The largest absolute Gasteiger partial charge is 0.474 e. The molecule has 3 rings (SSSR count). The van der Waals surface area contributed by atoms with Crippen LogP contribution in [0.2, 0.25) is 5.28 Å². The van der Waals surface area contributed by atoms with Crippen LogP contribution in [0.1, 0.15) is 38.0 Å². The summed E-state index contributed by atoms with van der Waals surface area (Å²) in [5, 5.41) is 1.26. The van der Waals surface area contributed by atoms with Crippen molar-refractivity contribution in [3.8, 4) is 5.88 Å². The fourth-order valence-electron chi connectivity index (χ4n) is 3.21. The maximum Gasteiger partial charge on any atom is 0.227 e. The third-order valence-corrected chi connectivity index (χ3v) is 4.98. The molecular formula is C15H19ClN2OS. The summed E-state index contributed by atoms with van der Waals surface area (Å²) in [5.41, 5.74) is 0. The van der Waals surface area contributed by atoms with Crippen LogP contribution in [0, 0.1) is 18.8 Å². The molecule has 5 heteroatoms. The van der Waals surface area contributed by atoms with E-state index in [0.717, 1.165) is 23.1 Å². The zero-order valence-corrected chi connectivity index (χ0v) is 13.6. The average Bonchev–Trinajstić information content (AvgIpc) is 2.68. The molecule has 20 heavy (non-hydrogen) atoms. The van der Waals surface area contributed by atoms with E-state index in [1.54, 1.807) is 11.3 Å². The number of halogens is 1. The molecule has 1 aliphatic carbocycles. The lowest BCUT2D eigenvalue weighted by atomic mass is 9.82. The van der Waals surface area contributed by atoms with Gasteiger partial charge in [-0.2, -0.15) is 4.98 Å². The Labute approximate surface area is 128 Å². The van der Waals surface area contributed by atoms with E-state index in [1.807, 2.05) is 0 Å². The molecule has 2 atom stereocenters. The molecular weight excluding hydrogens is 292 g/mol. The first-order valence-corrected chi connectivity index (χ1v) is 8.31. The predicted octanol–water partition coefficient (Wildman–Crippen LogP) is 4.86. The van der Waals surface area contributed by atoms with Crippen molar-refractivity contribution in [1.29, 1.82) is 0 Å². The van der Waals surface area contributed by atoms with Crippen molar-refractivity contribution in [2.45, 2.75) is 46.1 Å². The molecule has 0 spiro atoms. The molecule has 1 aliphatic rings. The van der Waals surface area contributed by atoms with Crippen LogP contribution >= 0.6 is 22.9 Å². The summed E-state index contributed by atoms with van der Waals surface area (Å²) in [4.78, 5) is 10.7. The molecule has 0 bridgehead atoms. The van der Waals surface area contributed by atoms with Gasteiger partial charge in [-0.25, -0.2) is 4.98 Å². The van der Waals surface area contributed by atoms with Crippen LogP contribution < -0.4 is 4.74 Å². The van der Waals surface area contributed by atoms with Crippen molar-refractivity contribution in [1.82, 2.24) is 9.97 Å². The van der Waals surface area contributed by atoms with Crippen molar-refractivity contribution >= 4 is 33.2 Å². The van der Waals surface area contributed by atoms with Crippen LogP contribution in [0.4, 0.5) is 0 Å². The molecule has 1 fully saturated rings. The van der Waals surface area contributed by atoms with Gasteiger partial charge in [0, 0.05) is 4.88 Å². The summed E-state index contributed by atoms with van der Waals surface area (Å²) < 4.78 is 6.17. The van der Waals surface area contributed by atoms with Crippen molar-refractivity contribution in [2.75, 3.05) is 0 Å². The minimum absolute atomic E-state index is 0.239. The number of nitrogens with zero attached hydrogens (tertiary/aromatic N) is 2. The Hall–Kier alpha value is -0.870. The highest BCUT2D eigenvalue weighted by molar-refractivity contribution is 7.18. The lowest BCUT2D eigenvalue weighted by molar-refractivity contribution is 0.0982. The lowest BCUT2D eigenvalue weighted by Crippen LogP contribution is -2.28. The highest BCUT2D eigenvalue weighted by Gasteiger charge is 2.26. The summed E-state index contributed by atoms with van der Waals surface area (Å²) in [6.45, 7) is 6.65. The summed E-state index contributed by atoms with van der Waals surface area (Å²) >= 11 is 7.64. The predicted molar refractivity (Wildman–Crippen MR) is 83.8 cm³/mol. The number of aryl methyl sites for hydroxylation is 1. The first kappa shape index (κ1) is 14.1. The van der Waals surface area contributed by atoms with E-state index in [9.17, 15) is 0 Å². The normalized spacial score (nSPS) is 26.9. The Morgan fingerprint density at radius 3 is 2.60 bits per heavy atom. The number of hydrogen-bond acceptors (Lipinski definition) is 4. The quantitative estimate of drug-likeness (QED) is 0.743. The summed E-state index contributed by atoms with van der Waals surface area (Å²) in [6.07, 6.45) is 3.72. The van der Waals surface area contributed by atoms with Gasteiger partial charge in [0.05, 0.1) is 5.39 Å². The van der Waals surface area contributed by atoms with Gasteiger partial charge >= 0.3 is 0 Å². The van der Waals surface area contributed by atoms with Gasteiger partial charge in [0.1, 0.15) is 10.9 Å². The van der Waals surface area contributed by atoms with Crippen molar-refractivity contribution in [2.24, 2.45) is 11.8 Å². The molecule has 0 aliphatic heterocycles. The topological polar surface area (TPSA) is 35.0 Å². The van der Waals surface area contributed by atoms with E-state index in [4.69, 9.17) is 16.3 Å². The molecule has 0 amide bonds. The van der Waals surface area contributed by atoms with Crippen LogP contribution in [0.25, 0.3) is 10.2 Å². The number of ether oxygens (including phenoxy) is 1. The molecule has 0 saturated heterocycles. The third kappa shape index (κ3) is 2.91. The molecule has 108 valence electrons. The number of hydrogen-bond donors (Lipinski definition) is 0. The van der Waals surface area contributed by atoms with Crippen LogP contribution in [-0.2, 0) is 0 Å². The maximum absolute atomic E-state index is 6.17. The standard InChI is InChI=1S/C15H19ClN2OS/c1-8-4-9(2)6-11(5-8)19-13-12-7-10(3)20-14(12)18-15(16)17-13/h7-9,11H,4-6H2,1-3H3. The van der Waals surface area contributed by atoms with Gasteiger partial charge in [-0.15, -0.1) is 11.3 Å². The average molecular weight is 311 g/mol. The highest BCUT2D eigenvalue weighted by atomic mass is 35.5. The zero-order valence-electron chi connectivity index (χ0n) is 12.0. The fraction of sp³-hybridized carbons (Fsp3) is 0.600. The Morgan fingerprint density at radius 1 is 1.20 bits per heavy atom. The molecule has 2 unspecified atom stereocenters. The Morgan fingerprint density at radius 2 is 1.90 bits per heavy atom. The fourth-order valence-corrected chi connectivity index (χ4v) is 4.29. The Bertz CT molecular complexity index is 618. The zero-order chi connectivity index (χ0) is 14.3. The molecule has 3 nitrogen and oxygen atoms in total. The van der Waals surface area contributed by atoms with E-state index in [1.165, 1.54) is 11.3 Å². The highest BCUT2D eigenvalue weighted by Crippen LogP contribution is 2.35. The van der Waals surface area contributed by atoms with E-state index >= 15 is 0 Å². The molecule has 2 aromatic rings. The van der Waals surface area contributed by atoms with Crippen LogP contribution in [0.15, 0.2) is 6.07 Å². The molecule has 0 N–H and O–H groups in total. The van der Waals surface area contributed by atoms with E-state index in [-0.39, 0.29) is 11.4 Å². The Kier molecular flexibility index (Phi) is 3.87. The van der Waals surface area contributed by atoms with Gasteiger partial charge in [-0.05, 0) is 55.7 Å². The van der Waals surface area contributed by atoms with E-state index in [2.05, 4.69) is 36.8 Å². The van der Waals surface area contributed by atoms with Gasteiger partial charge in [0.2, 0.25) is 11.2 Å². The molecule has 0 aromatic carbocycles. The number of aromatic nitrogens is 2. The van der Waals surface area contributed by atoms with Gasteiger partial charge in [-0.1, -0.05) is 13.8 Å². The van der Waals surface area contributed by atoms with Crippen LogP contribution in [-0.4, -0.2) is 16.1 Å². The minimum Gasteiger partial charge on any atom is -0.474 e. The first-order valence-electron chi connectivity index (χ1n) is 7.11. The second kappa shape index (κ2) is 5.49. The molecule has 2 heterocycles. The van der Waals surface area contributed by atoms with Crippen molar-refractivity contribution < 1.29 is 4.74 Å². The summed E-state index contributed by atoms with van der Waals surface area (Å²) in [7, 11) is 0. The number of thiophene rings is 1. The number of fused-ring (bicyclic) bond motifs is 1. The van der Waals surface area contributed by atoms with Crippen LogP contribution in [0.3, 0.4) is 0 Å². The van der Waals surface area contributed by atoms with Crippen molar-refractivity contribution in [3.05, 3.63) is 16.2 Å². The second-order valence-corrected chi connectivity index (χ2v) is 7.60.